The Labute approximate surface area is 165 Å². The molecule has 0 heterocycles. The summed E-state index contributed by atoms with van der Waals surface area (Å²) >= 11 is 5.91. The summed E-state index contributed by atoms with van der Waals surface area (Å²) in [5.74, 6) is 0.409. The highest BCUT2D eigenvalue weighted by molar-refractivity contribution is 6.30. The molecule has 0 bridgehead atoms. The first-order valence-corrected chi connectivity index (χ1v) is 9.27. The van der Waals surface area contributed by atoms with Crippen LogP contribution in [-0.2, 0) is 22.6 Å². The van der Waals surface area contributed by atoms with Gasteiger partial charge in [-0.15, -0.1) is 0 Å². The molecule has 0 aromatic heterocycles. The summed E-state index contributed by atoms with van der Waals surface area (Å²) < 4.78 is 5.26. The third-order valence-corrected chi connectivity index (χ3v) is 4.53. The molecular weight excluding hydrogens is 364 g/mol. The Morgan fingerprint density at radius 1 is 1.15 bits per heavy atom. The molecule has 2 rings (SSSR count). The highest BCUT2D eigenvalue weighted by Crippen LogP contribution is 2.18. The van der Waals surface area contributed by atoms with E-state index in [2.05, 4.69) is 5.32 Å². The number of halogens is 1. The zero-order chi connectivity index (χ0) is 19.8. The van der Waals surface area contributed by atoms with Crippen LogP contribution in [0.5, 0.6) is 5.75 Å². The Morgan fingerprint density at radius 2 is 1.85 bits per heavy atom. The molecule has 0 unspecified atom stereocenters. The van der Waals surface area contributed by atoms with Crippen LogP contribution in [0, 0.1) is 0 Å². The molecule has 0 saturated carbocycles. The molecular formula is C21H25ClN2O3. The van der Waals surface area contributed by atoms with Crippen LogP contribution in [0.4, 0.5) is 0 Å². The van der Waals surface area contributed by atoms with Crippen molar-refractivity contribution in [1.82, 2.24) is 10.2 Å². The third kappa shape index (κ3) is 6.00. The number of nitrogens with one attached hydrogen (secondary N) is 1. The first kappa shape index (κ1) is 20.8. The lowest BCUT2D eigenvalue weighted by atomic mass is 10.1. The standard InChI is InChI=1S/C21H25ClN2O3/c1-4-23-21(26)15(2)24(14-17-6-5-7-19(12-17)27-3)20(25)13-16-8-10-18(22)11-9-16/h5-12,15H,4,13-14H2,1-3H3,(H,23,26)/t15-/m0/s1. The SMILES string of the molecule is CCNC(=O)[C@H](C)N(Cc1cccc(OC)c1)C(=O)Cc1ccc(Cl)cc1. The molecule has 1 atom stereocenters. The molecule has 1 N–H and O–H groups in total. The van der Waals surface area contributed by atoms with Gasteiger partial charge in [-0.25, -0.2) is 0 Å². The molecule has 0 saturated heterocycles. The second-order valence-electron chi connectivity index (χ2n) is 6.25. The molecule has 0 aliphatic heterocycles. The lowest BCUT2D eigenvalue weighted by molar-refractivity contribution is -0.140. The molecule has 0 aliphatic rings. The maximum Gasteiger partial charge on any atom is 0.242 e. The van der Waals surface area contributed by atoms with Crippen molar-refractivity contribution in [3.63, 3.8) is 0 Å². The fourth-order valence-corrected chi connectivity index (χ4v) is 2.88. The van der Waals surface area contributed by atoms with Gasteiger partial charge in [0, 0.05) is 18.1 Å². The quantitative estimate of drug-likeness (QED) is 0.753. The number of rotatable bonds is 8. The Morgan fingerprint density at radius 3 is 2.48 bits per heavy atom. The van der Waals surface area contributed by atoms with E-state index in [1.165, 1.54) is 0 Å². The van der Waals surface area contributed by atoms with E-state index in [1.54, 1.807) is 31.1 Å². The lowest BCUT2D eigenvalue weighted by Crippen LogP contribution is -2.48. The van der Waals surface area contributed by atoms with Crippen molar-refractivity contribution < 1.29 is 14.3 Å². The molecule has 0 fully saturated rings. The van der Waals surface area contributed by atoms with Gasteiger partial charge in [-0.05, 0) is 49.2 Å². The highest BCUT2D eigenvalue weighted by atomic mass is 35.5. The van der Waals surface area contributed by atoms with Gasteiger partial charge >= 0.3 is 0 Å². The topological polar surface area (TPSA) is 58.6 Å². The maximum absolute atomic E-state index is 13.0. The molecule has 2 aromatic rings. The lowest BCUT2D eigenvalue weighted by Gasteiger charge is -2.29. The zero-order valence-corrected chi connectivity index (χ0v) is 16.6. The van der Waals surface area contributed by atoms with E-state index < -0.39 is 6.04 Å². The predicted molar refractivity (Wildman–Crippen MR) is 107 cm³/mol. The van der Waals surface area contributed by atoms with Crippen molar-refractivity contribution in [3.05, 3.63) is 64.7 Å². The number of carbonyl (C=O) groups excluding carboxylic acids is 2. The number of amides is 2. The fraction of sp³-hybridized carbons (Fsp3) is 0.333. The number of ether oxygens (including phenoxy) is 1. The summed E-state index contributed by atoms with van der Waals surface area (Å²) in [7, 11) is 1.60. The predicted octanol–water partition coefficient (Wildman–Crippen LogP) is 3.44. The van der Waals surface area contributed by atoms with E-state index in [-0.39, 0.29) is 18.2 Å². The average Bonchev–Trinajstić information content (AvgIpc) is 2.67. The molecule has 0 spiro atoms. The van der Waals surface area contributed by atoms with Gasteiger partial charge in [0.2, 0.25) is 11.8 Å². The van der Waals surface area contributed by atoms with E-state index >= 15 is 0 Å². The third-order valence-electron chi connectivity index (χ3n) is 4.27. The highest BCUT2D eigenvalue weighted by Gasteiger charge is 2.26. The van der Waals surface area contributed by atoms with Crippen molar-refractivity contribution in [2.75, 3.05) is 13.7 Å². The van der Waals surface area contributed by atoms with Crippen LogP contribution in [0.15, 0.2) is 48.5 Å². The van der Waals surface area contributed by atoms with Crippen molar-refractivity contribution in [2.45, 2.75) is 32.9 Å². The number of methoxy groups -OCH3 is 1. The second kappa shape index (κ2) is 9.97. The van der Waals surface area contributed by atoms with Crippen molar-refractivity contribution >= 4 is 23.4 Å². The summed E-state index contributed by atoms with van der Waals surface area (Å²) in [5.41, 5.74) is 1.75. The molecule has 6 heteroatoms. The Kier molecular flexibility index (Phi) is 7.67. The van der Waals surface area contributed by atoms with Gasteiger partial charge in [0.25, 0.3) is 0 Å². The number of likely N-dealkylation sites (N-methyl/N-ethyl adjacent to an activating group) is 1. The van der Waals surface area contributed by atoms with E-state index in [4.69, 9.17) is 16.3 Å². The number of carbonyl (C=O) groups is 2. The molecule has 0 aliphatic carbocycles. The smallest absolute Gasteiger partial charge is 0.242 e. The van der Waals surface area contributed by atoms with Crippen molar-refractivity contribution in [2.24, 2.45) is 0 Å². The van der Waals surface area contributed by atoms with Crippen LogP contribution in [0.3, 0.4) is 0 Å². The van der Waals surface area contributed by atoms with E-state index in [9.17, 15) is 9.59 Å². The molecule has 144 valence electrons. The van der Waals surface area contributed by atoms with Gasteiger partial charge in [-0.2, -0.15) is 0 Å². The molecule has 2 amide bonds. The molecule has 5 nitrogen and oxygen atoms in total. The van der Waals surface area contributed by atoms with Gasteiger partial charge in [0.1, 0.15) is 11.8 Å². The minimum Gasteiger partial charge on any atom is -0.497 e. The first-order valence-electron chi connectivity index (χ1n) is 8.89. The molecule has 0 radical (unpaired) electrons. The summed E-state index contributed by atoms with van der Waals surface area (Å²) in [6.45, 7) is 4.43. The van der Waals surface area contributed by atoms with Crippen LogP contribution in [0.2, 0.25) is 5.02 Å². The van der Waals surface area contributed by atoms with E-state index in [1.807, 2.05) is 43.3 Å². The first-order chi connectivity index (χ1) is 12.9. The zero-order valence-electron chi connectivity index (χ0n) is 15.9. The molecule has 27 heavy (non-hydrogen) atoms. The summed E-state index contributed by atoms with van der Waals surface area (Å²) in [6.07, 6.45) is 0.199. The fourth-order valence-electron chi connectivity index (χ4n) is 2.75. The number of hydrogen-bond donors (Lipinski definition) is 1. The van der Waals surface area contributed by atoms with Crippen LogP contribution in [-0.4, -0.2) is 36.4 Å². The van der Waals surface area contributed by atoms with Crippen LogP contribution in [0.25, 0.3) is 0 Å². The van der Waals surface area contributed by atoms with E-state index in [0.29, 0.717) is 23.9 Å². The van der Waals surface area contributed by atoms with Crippen LogP contribution >= 0.6 is 11.6 Å². The van der Waals surface area contributed by atoms with Gasteiger partial charge in [-0.1, -0.05) is 35.9 Å². The van der Waals surface area contributed by atoms with Gasteiger partial charge in [0.15, 0.2) is 0 Å². The van der Waals surface area contributed by atoms with Gasteiger partial charge < -0.3 is 15.0 Å². The van der Waals surface area contributed by atoms with Crippen LogP contribution < -0.4 is 10.1 Å². The Bertz CT molecular complexity index is 777. The van der Waals surface area contributed by atoms with E-state index in [0.717, 1.165) is 11.1 Å². The van der Waals surface area contributed by atoms with Crippen LogP contribution in [0.1, 0.15) is 25.0 Å². The molecule has 2 aromatic carbocycles. The largest absolute Gasteiger partial charge is 0.497 e. The van der Waals surface area contributed by atoms with Gasteiger partial charge in [0.05, 0.1) is 13.5 Å². The van der Waals surface area contributed by atoms with Crippen molar-refractivity contribution in [1.29, 1.82) is 0 Å². The monoisotopic (exact) mass is 388 g/mol. The summed E-state index contributed by atoms with van der Waals surface area (Å²) in [6, 6.07) is 14.1. The minimum atomic E-state index is -0.587. The Balaban J connectivity index is 2.23. The second-order valence-corrected chi connectivity index (χ2v) is 6.68. The summed E-state index contributed by atoms with van der Waals surface area (Å²) in [4.78, 5) is 26.9. The minimum absolute atomic E-state index is 0.126. The average molecular weight is 389 g/mol. The summed E-state index contributed by atoms with van der Waals surface area (Å²) in [5, 5.41) is 3.41. The number of benzene rings is 2. The normalized spacial score (nSPS) is 11.6. The van der Waals surface area contributed by atoms with Gasteiger partial charge in [-0.3, -0.25) is 9.59 Å². The Hall–Kier alpha value is -2.53. The number of nitrogens with zero attached hydrogens (tertiary/aromatic N) is 1. The maximum atomic E-state index is 13.0. The van der Waals surface area contributed by atoms with Crippen molar-refractivity contribution in [3.8, 4) is 5.75 Å². The number of hydrogen-bond acceptors (Lipinski definition) is 3.